The summed E-state index contributed by atoms with van der Waals surface area (Å²) in [6.07, 6.45) is 17.6. The molecule has 1 nitrogen and oxygen atoms in total. The summed E-state index contributed by atoms with van der Waals surface area (Å²) in [5.74, 6) is 0. The van der Waals surface area contributed by atoms with E-state index in [2.05, 4.69) is 25.6 Å². The van der Waals surface area contributed by atoms with Gasteiger partial charge in [-0.2, -0.15) is 0 Å². The fourth-order valence-corrected chi connectivity index (χ4v) is 3.66. The average molecular weight is 272 g/mol. The smallest absolute Gasteiger partial charge is 0.0943 e. The van der Waals surface area contributed by atoms with Crippen molar-refractivity contribution < 1.29 is 0 Å². The van der Waals surface area contributed by atoms with E-state index in [4.69, 9.17) is 0 Å². The molecule has 0 N–H and O–H groups in total. The molecule has 0 rings (SSSR count). The van der Waals surface area contributed by atoms with Crippen molar-refractivity contribution in [3.05, 3.63) is 0 Å². The van der Waals surface area contributed by atoms with Crippen molar-refractivity contribution in [1.82, 2.24) is 4.57 Å². The van der Waals surface area contributed by atoms with E-state index in [1.54, 1.807) is 0 Å². The molecular weight excluding hydrogens is 234 g/mol. The van der Waals surface area contributed by atoms with Gasteiger partial charge in [-0.1, -0.05) is 84.0 Å². The van der Waals surface area contributed by atoms with Gasteiger partial charge in [0, 0.05) is 0 Å². The predicted molar refractivity (Wildman–Crippen MR) is 88.1 cm³/mol. The Labute approximate surface area is 119 Å². The first kappa shape index (κ1) is 18.2. The summed E-state index contributed by atoms with van der Waals surface area (Å²) in [7, 11) is 4.58. The SMILES string of the molecule is CCCCCCCCCCCCCC[SiH2]N(C)C. The minimum atomic E-state index is 0.121. The van der Waals surface area contributed by atoms with Crippen molar-refractivity contribution in [3.8, 4) is 0 Å². The molecule has 0 saturated carbocycles. The van der Waals surface area contributed by atoms with E-state index in [1.807, 2.05) is 0 Å². The molecule has 0 amide bonds. The molecule has 0 fully saturated rings. The number of nitrogens with zero attached hydrogens (tertiary/aromatic N) is 1. The summed E-state index contributed by atoms with van der Waals surface area (Å²) in [5.41, 5.74) is 0. The van der Waals surface area contributed by atoms with Gasteiger partial charge < -0.3 is 4.57 Å². The lowest BCUT2D eigenvalue weighted by atomic mass is 10.1. The van der Waals surface area contributed by atoms with E-state index in [9.17, 15) is 0 Å². The van der Waals surface area contributed by atoms with Gasteiger partial charge in [0.05, 0.1) is 9.68 Å². The summed E-state index contributed by atoms with van der Waals surface area (Å²) >= 11 is 0. The van der Waals surface area contributed by atoms with Crippen LogP contribution in [0, 0.1) is 0 Å². The zero-order chi connectivity index (χ0) is 13.5. The van der Waals surface area contributed by atoms with Crippen LogP contribution in [0.25, 0.3) is 0 Å². The Morgan fingerprint density at radius 1 is 0.611 bits per heavy atom. The monoisotopic (exact) mass is 271 g/mol. The Balaban J connectivity index is 2.90. The standard InChI is InChI=1S/C16H37NSi/c1-4-5-6-7-8-9-10-11-12-13-14-15-16-18-17(2)3/h4-16,18H2,1-3H3. The molecule has 2 heteroatoms. The maximum Gasteiger partial charge on any atom is 0.0943 e. The molecule has 0 radical (unpaired) electrons. The molecule has 0 aliphatic rings. The third-order valence-electron chi connectivity index (χ3n) is 3.71. The highest BCUT2D eigenvalue weighted by atomic mass is 28.2. The minimum absolute atomic E-state index is 0.121. The van der Waals surface area contributed by atoms with Gasteiger partial charge in [0.15, 0.2) is 0 Å². The minimum Gasteiger partial charge on any atom is -0.334 e. The van der Waals surface area contributed by atoms with E-state index in [0.29, 0.717) is 0 Å². The summed E-state index contributed by atoms with van der Waals surface area (Å²) in [6.45, 7) is 2.29. The van der Waals surface area contributed by atoms with Gasteiger partial charge in [-0.05, 0) is 20.1 Å². The Kier molecular flexibility index (Phi) is 15.4. The molecular formula is C16H37NSi. The van der Waals surface area contributed by atoms with Gasteiger partial charge in [0.2, 0.25) is 0 Å². The first-order chi connectivity index (χ1) is 8.77. The van der Waals surface area contributed by atoms with Crippen molar-refractivity contribution in [1.29, 1.82) is 0 Å². The molecule has 0 aliphatic heterocycles. The molecule has 18 heavy (non-hydrogen) atoms. The van der Waals surface area contributed by atoms with Crippen LogP contribution in [-0.4, -0.2) is 28.3 Å². The molecule has 0 heterocycles. The Morgan fingerprint density at radius 2 is 1.00 bits per heavy atom. The van der Waals surface area contributed by atoms with Crippen molar-refractivity contribution in [2.45, 2.75) is 90.0 Å². The van der Waals surface area contributed by atoms with Crippen LogP contribution >= 0.6 is 0 Å². The first-order valence-corrected chi connectivity index (χ1v) is 10.1. The lowest BCUT2D eigenvalue weighted by molar-refractivity contribution is 0.546. The van der Waals surface area contributed by atoms with Gasteiger partial charge in [-0.15, -0.1) is 0 Å². The van der Waals surface area contributed by atoms with Gasteiger partial charge in [-0.3, -0.25) is 0 Å². The molecule has 0 atom stereocenters. The zero-order valence-corrected chi connectivity index (χ0v) is 14.8. The fourth-order valence-electron chi connectivity index (χ4n) is 2.45. The van der Waals surface area contributed by atoms with E-state index >= 15 is 0 Å². The highest BCUT2D eigenvalue weighted by Crippen LogP contribution is 2.12. The highest BCUT2D eigenvalue weighted by molar-refractivity contribution is 6.31. The van der Waals surface area contributed by atoms with Gasteiger partial charge >= 0.3 is 0 Å². The van der Waals surface area contributed by atoms with Crippen LogP contribution in [0.3, 0.4) is 0 Å². The summed E-state index contributed by atoms with van der Waals surface area (Å²) in [5, 5.41) is 0. The van der Waals surface area contributed by atoms with Crippen molar-refractivity contribution in [2.24, 2.45) is 0 Å². The van der Waals surface area contributed by atoms with E-state index in [1.165, 1.54) is 83.1 Å². The second-order valence-corrected chi connectivity index (χ2v) is 8.47. The van der Waals surface area contributed by atoms with Crippen LogP contribution in [0.5, 0.6) is 0 Å². The van der Waals surface area contributed by atoms with Crippen LogP contribution in [0.4, 0.5) is 0 Å². The molecule has 0 aliphatic carbocycles. The van der Waals surface area contributed by atoms with Crippen molar-refractivity contribution in [2.75, 3.05) is 14.1 Å². The Bertz CT molecular complexity index is 148. The quantitative estimate of drug-likeness (QED) is 0.325. The zero-order valence-electron chi connectivity index (χ0n) is 13.3. The average Bonchev–Trinajstić information content (AvgIpc) is 2.34. The maximum atomic E-state index is 2.43. The number of hydrogen-bond acceptors (Lipinski definition) is 1. The van der Waals surface area contributed by atoms with Gasteiger partial charge in [-0.25, -0.2) is 0 Å². The lowest BCUT2D eigenvalue weighted by Crippen LogP contribution is -2.16. The molecule has 0 saturated heterocycles. The summed E-state index contributed by atoms with van der Waals surface area (Å²) in [4.78, 5) is 0. The third kappa shape index (κ3) is 16.2. The van der Waals surface area contributed by atoms with Crippen LogP contribution in [0.1, 0.15) is 84.0 Å². The second kappa shape index (κ2) is 15.2. The lowest BCUT2D eigenvalue weighted by Gasteiger charge is -2.07. The van der Waals surface area contributed by atoms with Gasteiger partial charge in [0.1, 0.15) is 0 Å². The third-order valence-corrected chi connectivity index (χ3v) is 5.42. The van der Waals surface area contributed by atoms with Crippen molar-refractivity contribution in [3.63, 3.8) is 0 Å². The normalized spacial score (nSPS) is 12.0. The predicted octanol–water partition coefficient (Wildman–Crippen LogP) is 4.75. The Morgan fingerprint density at radius 3 is 1.39 bits per heavy atom. The van der Waals surface area contributed by atoms with Gasteiger partial charge in [0.25, 0.3) is 0 Å². The number of unbranched alkanes of at least 4 members (excludes halogenated alkanes) is 11. The summed E-state index contributed by atoms with van der Waals surface area (Å²) in [6, 6.07) is 1.52. The molecule has 0 bridgehead atoms. The molecule has 110 valence electrons. The molecule has 0 aromatic heterocycles. The molecule has 0 spiro atoms. The van der Waals surface area contributed by atoms with Crippen LogP contribution in [0.15, 0.2) is 0 Å². The van der Waals surface area contributed by atoms with E-state index < -0.39 is 0 Å². The van der Waals surface area contributed by atoms with Crippen LogP contribution in [-0.2, 0) is 0 Å². The second-order valence-electron chi connectivity index (χ2n) is 6.05. The maximum absolute atomic E-state index is 2.43. The van der Waals surface area contributed by atoms with Crippen LogP contribution in [0.2, 0.25) is 6.04 Å². The fraction of sp³-hybridized carbons (Fsp3) is 1.00. The van der Waals surface area contributed by atoms with E-state index in [0.717, 1.165) is 0 Å². The van der Waals surface area contributed by atoms with Crippen molar-refractivity contribution >= 4 is 9.68 Å². The number of hydrogen-bond donors (Lipinski definition) is 0. The molecule has 0 unspecified atom stereocenters. The largest absolute Gasteiger partial charge is 0.334 e. The molecule has 0 aromatic carbocycles. The molecule has 0 aromatic rings. The van der Waals surface area contributed by atoms with Crippen LogP contribution < -0.4 is 0 Å². The summed E-state index contributed by atoms with van der Waals surface area (Å²) < 4.78 is 2.43. The first-order valence-electron chi connectivity index (χ1n) is 8.42. The highest BCUT2D eigenvalue weighted by Gasteiger charge is 1.94. The Hall–Kier alpha value is 0.177. The topological polar surface area (TPSA) is 3.24 Å². The number of rotatable bonds is 14. The van der Waals surface area contributed by atoms with E-state index in [-0.39, 0.29) is 9.68 Å².